The van der Waals surface area contributed by atoms with Crippen LogP contribution in [0.1, 0.15) is 5.82 Å². The Balaban J connectivity index is 2.19. The summed E-state index contributed by atoms with van der Waals surface area (Å²) in [6.45, 7) is 1.85. The highest BCUT2D eigenvalue weighted by Crippen LogP contribution is 2.21. The zero-order valence-electron chi connectivity index (χ0n) is 9.96. The number of aryl methyl sites for hydroxylation is 1. The SMILES string of the molecule is Cc1nnc2c(-c3ccccc3)nn3nnnc3n12. The fourth-order valence-corrected chi connectivity index (χ4v) is 2.05. The highest BCUT2D eigenvalue weighted by Gasteiger charge is 2.16. The standard InChI is InChI=1S/C11H8N8/c1-7-12-13-10-9(8-5-3-2-4-6-8)15-19-11(18(7)10)14-16-17-19/h2-6H,1H3. The molecule has 0 aliphatic heterocycles. The first-order chi connectivity index (χ1) is 9.34. The van der Waals surface area contributed by atoms with Crippen LogP contribution in [-0.4, -0.2) is 39.9 Å². The lowest BCUT2D eigenvalue weighted by atomic mass is 10.1. The van der Waals surface area contributed by atoms with Gasteiger partial charge < -0.3 is 0 Å². The van der Waals surface area contributed by atoms with Crippen molar-refractivity contribution in [3.05, 3.63) is 36.2 Å². The number of aromatic nitrogens is 8. The molecule has 0 fully saturated rings. The lowest BCUT2D eigenvalue weighted by molar-refractivity contribution is 0.727. The van der Waals surface area contributed by atoms with Crippen LogP contribution in [0.2, 0.25) is 0 Å². The Kier molecular flexibility index (Phi) is 1.88. The van der Waals surface area contributed by atoms with Crippen molar-refractivity contribution in [3.63, 3.8) is 0 Å². The molecule has 19 heavy (non-hydrogen) atoms. The molecule has 3 heterocycles. The summed E-state index contributed by atoms with van der Waals surface area (Å²) >= 11 is 0. The fourth-order valence-electron chi connectivity index (χ4n) is 2.05. The van der Waals surface area contributed by atoms with Crippen LogP contribution in [0.25, 0.3) is 22.7 Å². The fraction of sp³-hybridized carbons (Fsp3) is 0.0909. The van der Waals surface area contributed by atoms with Crippen LogP contribution in [0.15, 0.2) is 30.3 Å². The van der Waals surface area contributed by atoms with E-state index in [-0.39, 0.29) is 0 Å². The maximum atomic E-state index is 4.40. The van der Waals surface area contributed by atoms with Crippen LogP contribution in [0.4, 0.5) is 0 Å². The van der Waals surface area contributed by atoms with Crippen LogP contribution in [0, 0.1) is 6.92 Å². The van der Waals surface area contributed by atoms with E-state index in [9.17, 15) is 0 Å². The summed E-state index contributed by atoms with van der Waals surface area (Å²) in [7, 11) is 0. The van der Waals surface area contributed by atoms with Gasteiger partial charge in [0.05, 0.1) is 0 Å². The van der Waals surface area contributed by atoms with Gasteiger partial charge in [0.25, 0.3) is 5.78 Å². The number of hydrogen-bond acceptors (Lipinski definition) is 6. The molecule has 8 heteroatoms. The normalized spacial score (nSPS) is 11.4. The summed E-state index contributed by atoms with van der Waals surface area (Å²) in [5, 5.41) is 24.1. The molecule has 3 aromatic heterocycles. The molecule has 0 atom stereocenters. The molecule has 4 aromatic rings. The quantitative estimate of drug-likeness (QED) is 0.491. The minimum absolute atomic E-state index is 0.497. The Morgan fingerprint density at radius 1 is 1.00 bits per heavy atom. The summed E-state index contributed by atoms with van der Waals surface area (Å²) < 4.78 is 3.17. The third-order valence-electron chi connectivity index (χ3n) is 2.92. The molecule has 0 aliphatic carbocycles. The topological polar surface area (TPSA) is 86.2 Å². The second-order valence-electron chi connectivity index (χ2n) is 4.09. The van der Waals surface area contributed by atoms with Crippen molar-refractivity contribution < 1.29 is 0 Å². The molecule has 0 bridgehead atoms. The maximum Gasteiger partial charge on any atom is 0.279 e. The Morgan fingerprint density at radius 2 is 1.84 bits per heavy atom. The summed E-state index contributed by atoms with van der Waals surface area (Å²) in [6, 6.07) is 9.76. The largest absolute Gasteiger partial charge is 0.279 e. The molecule has 0 amide bonds. The Bertz CT molecular complexity index is 876. The summed E-state index contributed by atoms with van der Waals surface area (Å²) in [5.74, 6) is 1.21. The van der Waals surface area contributed by atoms with Crippen molar-refractivity contribution in [2.45, 2.75) is 6.92 Å². The molecule has 4 rings (SSSR count). The third kappa shape index (κ3) is 1.33. The highest BCUT2D eigenvalue weighted by atomic mass is 15.6. The first kappa shape index (κ1) is 10.1. The van der Waals surface area contributed by atoms with Crippen LogP contribution >= 0.6 is 0 Å². The monoisotopic (exact) mass is 252 g/mol. The van der Waals surface area contributed by atoms with Crippen molar-refractivity contribution in [1.82, 2.24) is 39.9 Å². The van der Waals surface area contributed by atoms with E-state index in [1.54, 1.807) is 4.40 Å². The Hall–Kier alpha value is -2.90. The van der Waals surface area contributed by atoms with Gasteiger partial charge in [-0.3, -0.25) is 0 Å². The molecule has 0 unspecified atom stereocenters. The van der Waals surface area contributed by atoms with E-state index in [1.807, 2.05) is 37.3 Å². The van der Waals surface area contributed by atoms with Gasteiger partial charge in [-0.15, -0.1) is 15.3 Å². The Labute approximate surface area is 106 Å². The third-order valence-corrected chi connectivity index (χ3v) is 2.92. The molecule has 0 spiro atoms. The van der Waals surface area contributed by atoms with Crippen molar-refractivity contribution in [1.29, 1.82) is 0 Å². The van der Waals surface area contributed by atoms with Crippen molar-refractivity contribution in [2.75, 3.05) is 0 Å². The minimum Gasteiger partial charge on any atom is -0.242 e. The van der Waals surface area contributed by atoms with Crippen LogP contribution in [-0.2, 0) is 0 Å². The summed E-state index contributed by atoms with van der Waals surface area (Å²) in [4.78, 5) is 0. The molecule has 8 nitrogen and oxygen atoms in total. The van der Waals surface area contributed by atoms with Gasteiger partial charge in [-0.2, -0.15) is 0 Å². The van der Waals surface area contributed by atoms with Crippen molar-refractivity contribution in [2.24, 2.45) is 0 Å². The van der Waals surface area contributed by atoms with Gasteiger partial charge in [0.1, 0.15) is 11.5 Å². The molecule has 0 radical (unpaired) electrons. The zero-order chi connectivity index (χ0) is 12.8. The van der Waals surface area contributed by atoms with Gasteiger partial charge in [0.2, 0.25) is 0 Å². The summed E-state index contributed by atoms with van der Waals surface area (Å²) in [5.41, 5.74) is 2.28. The molecule has 0 aliphatic rings. The number of hydrogen-bond donors (Lipinski definition) is 0. The van der Waals surface area contributed by atoms with Gasteiger partial charge in [0, 0.05) is 5.56 Å². The number of fused-ring (bicyclic) bond motifs is 3. The van der Waals surface area contributed by atoms with Crippen LogP contribution < -0.4 is 0 Å². The zero-order valence-corrected chi connectivity index (χ0v) is 9.96. The van der Waals surface area contributed by atoms with Gasteiger partial charge in [-0.05, 0) is 17.4 Å². The predicted octanol–water partition coefficient (Wildman–Crippen LogP) is 0.537. The smallest absolute Gasteiger partial charge is 0.242 e. The van der Waals surface area contributed by atoms with E-state index in [1.165, 1.54) is 4.63 Å². The molecule has 92 valence electrons. The number of nitrogens with zero attached hydrogens (tertiary/aromatic N) is 8. The Morgan fingerprint density at radius 3 is 2.68 bits per heavy atom. The van der Waals surface area contributed by atoms with E-state index in [4.69, 9.17) is 0 Å². The highest BCUT2D eigenvalue weighted by molar-refractivity contribution is 5.74. The van der Waals surface area contributed by atoms with Gasteiger partial charge in [0.15, 0.2) is 5.65 Å². The molecule has 0 saturated heterocycles. The molecule has 0 saturated carbocycles. The van der Waals surface area contributed by atoms with Crippen LogP contribution in [0.3, 0.4) is 0 Å². The lowest BCUT2D eigenvalue weighted by Crippen LogP contribution is -2.05. The second-order valence-corrected chi connectivity index (χ2v) is 4.09. The minimum atomic E-state index is 0.497. The first-order valence-corrected chi connectivity index (χ1v) is 5.70. The average Bonchev–Trinajstić information content (AvgIpc) is 3.05. The molecular weight excluding hydrogens is 244 g/mol. The van der Waals surface area contributed by atoms with E-state index < -0.39 is 0 Å². The summed E-state index contributed by atoms with van der Waals surface area (Å²) in [6.07, 6.45) is 0. The van der Waals surface area contributed by atoms with Gasteiger partial charge in [-0.1, -0.05) is 40.1 Å². The number of rotatable bonds is 1. The molecule has 0 N–H and O–H groups in total. The van der Waals surface area contributed by atoms with Gasteiger partial charge in [-0.25, -0.2) is 4.40 Å². The van der Waals surface area contributed by atoms with E-state index in [0.29, 0.717) is 17.1 Å². The molecular formula is C11H8N8. The van der Waals surface area contributed by atoms with Crippen molar-refractivity contribution in [3.8, 4) is 11.3 Å². The number of tetrazole rings is 1. The van der Waals surface area contributed by atoms with Crippen molar-refractivity contribution >= 4 is 11.4 Å². The van der Waals surface area contributed by atoms with E-state index >= 15 is 0 Å². The predicted molar refractivity (Wildman–Crippen MR) is 65.3 cm³/mol. The first-order valence-electron chi connectivity index (χ1n) is 5.70. The second kappa shape index (κ2) is 3.55. The lowest BCUT2D eigenvalue weighted by Gasteiger charge is -2.03. The number of benzene rings is 1. The van der Waals surface area contributed by atoms with E-state index in [2.05, 4.69) is 30.8 Å². The molecule has 1 aromatic carbocycles. The van der Waals surface area contributed by atoms with Gasteiger partial charge >= 0.3 is 0 Å². The van der Waals surface area contributed by atoms with E-state index in [0.717, 1.165) is 11.4 Å². The average molecular weight is 252 g/mol. The maximum absolute atomic E-state index is 4.40. The van der Waals surface area contributed by atoms with Crippen LogP contribution in [0.5, 0.6) is 0 Å².